The number of nitrogens with zero attached hydrogens (tertiary/aromatic N) is 3. The zero-order valence-electron chi connectivity index (χ0n) is 9.59. The number of carbonyl (C=O) groups is 1. The molecule has 0 radical (unpaired) electrons. The van der Waals surface area contributed by atoms with Gasteiger partial charge in [0.05, 0.1) is 6.20 Å². The summed E-state index contributed by atoms with van der Waals surface area (Å²) in [4.78, 5) is 23.2. The van der Waals surface area contributed by atoms with Gasteiger partial charge in [-0.2, -0.15) is 5.10 Å². The average Bonchev–Trinajstić information content (AvgIpc) is 2.77. The van der Waals surface area contributed by atoms with E-state index in [0.717, 1.165) is 0 Å². The second kappa shape index (κ2) is 4.82. The van der Waals surface area contributed by atoms with Gasteiger partial charge in [-0.15, -0.1) is 0 Å². The monoisotopic (exact) mass is 234 g/mol. The van der Waals surface area contributed by atoms with Crippen LogP contribution in [-0.2, 0) is 11.3 Å². The van der Waals surface area contributed by atoms with Gasteiger partial charge in [-0.05, 0) is 13.0 Å². The Hall–Kier alpha value is -2.11. The maximum absolute atomic E-state index is 11.9. The molecule has 0 saturated heterocycles. The van der Waals surface area contributed by atoms with Gasteiger partial charge in [0.15, 0.2) is 0 Å². The maximum Gasteiger partial charge on any atom is 0.276 e. The molecule has 0 aliphatic carbocycles. The molecule has 0 fully saturated rings. The Kier molecular flexibility index (Phi) is 3.22. The Labute approximate surface area is 97.9 Å². The minimum atomic E-state index is -0.130. The van der Waals surface area contributed by atoms with Crippen LogP contribution in [0.15, 0.2) is 29.5 Å². The molecule has 6 nitrogen and oxygen atoms in total. The van der Waals surface area contributed by atoms with Gasteiger partial charge in [-0.1, -0.05) is 0 Å². The fourth-order valence-electron chi connectivity index (χ4n) is 1.64. The van der Waals surface area contributed by atoms with E-state index in [1.807, 2.05) is 6.92 Å². The van der Waals surface area contributed by atoms with Gasteiger partial charge in [0, 0.05) is 31.9 Å². The molecule has 0 saturated carbocycles. The summed E-state index contributed by atoms with van der Waals surface area (Å²) in [5.41, 5.74) is 0.387. The summed E-state index contributed by atoms with van der Waals surface area (Å²) in [7, 11) is 0. The van der Waals surface area contributed by atoms with Crippen LogP contribution in [0.4, 0.5) is 0 Å². The highest BCUT2D eigenvalue weighted by molar-refractivity contribution is 5.75. The number of rotatable bonds is 4. The molecule has 0 unspecified atom stereocenters. The Balaban J connectivity index is 2.16. The molecule has 0 aromatic carbocycles. The van der Waals surface area contributed by atoms with E-state index >= 15 is 0 Å². The van der Waals surface area contributed by atoms with Gasteiger partial charge in [-0.25, -0.2) is 4.52 Å². The van der Waals surface area contributed by atoms with Crippen LogP contribution in [0.5, 0.6) is 0 Å². The average molecular weight is 234 g/mol. The standard InChI is InChI=1S/C11H14N4O2/c1-2-12-10(16)4-6-14-7-8-15-9(11(14)17)3-5-13-15/h3,5,7-8H,2,4,6H2,1H3,(H,12,16). The number of nitrogens with one attached hydrogen (secondary N) is 1. The lowest BCUT2D eigenvalue weighted by atomic mass is 10.4. The van der Waals surface area contributed by atoms with Crippen LogP contribution in [-0.4, -0.2) is 26.6 Å². The summed E-state index contributed by atoms with van der Waals surface area (Å²) < 4.78 is 3.04. The van der Waals surface area contributed by atoms with E-state index in [9.17, 15) is 9.59 Å². The molecule has 2 heterocycles. The second-order valence-corrected chi connectivity index (χ2v) is 3.66. The topological polar surface area (TPSA) is 68.4 Å². The van der Waals surface area contributed by atoms with Crippen molar-refractivity contribution in [3.05, 3.63) is 35.0 Å². The second-order valence-electron chi connectivity index (χ2n) is 3.66. The van der Waals surface area contributed by atoms with E-state index in [4.69, 9.17) is 0 Å². The summed E-state index contributed by atoms with van der Waals surface area (Å²) in [6.07, 6.45) is 5.22. The molecule has 1 amide bonds. The summed E-state index contributed by atoms with van der Waals surface area (Å²) in [5.74, 6) is -0.0484. The molecule has 0 aliphatic rings. The van der Waals surface area contributed by atoms with E-state index in [2.05, 4.69) is 10.4 Å². The smallest absolute Gasteiger partial charge is 0.276 e. The van der Waals surface area contributed by atoms with Crippen LogP contribution in [0.3, 0.4) is 0 Å². The van der Waals surface area contributed by atoms with Crippen molar-refractivity contribution >= 4 is 11.4 Å². The lowest BCUT2D eigenvalue weighted by Gasteiger charge is -2.05. The van der Waals surface area contributed by atoms with Crippen molar-refractivity contribution in [2.75, 3.05) is 6.54 Å². The quantitative estimate of drug-likeness (QED) is 0.811. The number of amides is 1. The highest BCUT2D eigenvalue weighted by atomic mass is 16.1. The van der Waals surface area contributed by atoms with E-state index in [0.29, 0.717) is 25.0 Å². The SMILES string of the molecule is CCNC(=O)CCn1ccn2nccc2c1=O. The summed E-state index contributed by atoms with van der Waals surface area (Å²) >= 11 is 0. The van der Waals surface area contributed by atoms with Crippen LogP contribution in [0.2, 0.25) is 0 Å². The number of aryl methyl sites for hydroxylation is 1. The van der Waals surface area contributed by atoms with Crippen LogP contribution in [0, 0.1) is 0 Å². The Morgan fingerprint density at radius 3 is 3.06 bits per heavy atom. The van der Waals surface area contributed by atoms with Gasteiger partial charge in [-0.3, -0.25) is 9.59 Å². The first-order chi connectivity index (χ1) is 8.22. The maximum atomic E-state index is 11.9. The summed E-state index contributed by atoms with van der Waals surface area (Å²) in [6, 6.07) is 1.66. The van der Waals surface area contributed by atoms with Gasteiger partial charge in [0.25, 0.3) is 5.56 Å². The minimum Gasteiger partial charge on any atom is -0.356 e. The van der Waals surface area contributed by atoms with E-state index < -0.39 is 0 Å². The Morgan fingerprint density at radius 1 is 1.47 bits per heavy atom. The van der Waals surface area contributed by atoms with Crippen LogP contribution >= 0.6 is 0 Å². The molecule has 0 atom stereocenters. The number of hydrogen-bond donors (Lipinski definition) is 1. The van der Waals surface area contributed by atoms with Crippen LogP contribution < -0.4 is 10.9 Å². The van der Waals surface area contributed by atoms with E-state index in [1.165, 1.54) is 9.08 Å². The first-order valence-corrected chi connectivity index (χ1v) is 5.52. The number of aromatic nitrogens is 3. The molecule has 0 bridgehead atoms. The lowest BCUT2D eigenvalue weighted by molar-refractivity contribution is -0.121. The third-order valence-electron chi connectivity index (χ3n) is 2.49. The first-order valence-electron chi connectivity index (χ1n) is 5.52. The number of fused-ring (bicyclic) bond motifs is 1. The van der Waals surface area contributed by atoms with Gasteiger partial charge in [0.1, 0.15) is 5.52 Å². The highest BCUT2D eigenvalue weighted by Gasteiger charge is 2.05. The van der Waals surface area contributed by atoms with Gasteiger partial charge < -0.3 is 9.88 Å². The van der Waals surface area contributed by atoms with Crippen molar-refractivity contribution < 1.29 is 4.79 Å². The molecule has 1 N–H and O–H groups in total. The molecule has 0 aliphatic heterocycles. The predicted octanol–water partition coefficient (Wildman–Crippen LogP) is 0.0222. The molecule has 17 heavy (non-hydrogen) atoms. The fraction of sp³-hybridized carbons (Fsp3) is 0.364. The molecule has 2 rings (SSSR count). The van der Waals surface area contributed by atoms with E-state index in [-0.39, 0.29) is 11.5 Å². The lowest BCUT2D eigenvalue weighted by Crippen LogP contribution is -2.27. The van der Waals surface area contributed by atoms with E-state index in [1.54, 1.807) is 24.7 Å². The molecule has 2 aromatic rings. The highest BCUT2D eigenvalue weighted by Crippen LogP contribution is 1.95. The van der Waals surface area contributed by atoms with Crippen molar-refractivity contribution in [3.8, 4) is 0 Å². The largest absolute Gasteiger partial charge is 0.356 e. The van der Waals surface area contributed by atoms with Crippen molar-refractivity contribution in [2.24, 2.45) is 0 Å². The minimum absolute atomic E-state index is 0.0484. The third-order valence-corrected chi connectivity index (χ3v) is 2.49. The summed E-state index contributed by atoms with van der Waals surface area (Å²) in [6.45, 7) is 2.85. The molecular weight excluding hydrogens is 220 g/mol. The Morgan fingerprint density at radius 2 is 2.29 bits per heavy atom. The van der Waals surface area contributed by atoms with Crippen LogP contribution in [0.25, 0.3) is 5.52 Å². The molecular formula is C11H14N4O2. The zero-order chi connectivity index (χ0) is 12.3. The third kappa shape index (κ3) is 2.35. The number of carbonyl (C=O) groups excluding carboxylic acids is 1. The molecule has 90 valence electrons. The molecule has 6 heteroatoms. The molecule has 2 aromatic heterocycles. The molecule has 0 spiro atoms. The van der Waals surface area contributed by atoms with Crippen molar-refractivity contribution in [3.63, 3.8) is 0 Å². The van der Waals surface area contributed by atoms with Crippen molar-refractivity contribution in [1.82, 2.24) is 19.5 Å². The van der Waals surface area contributed by atoms with Gasteiger partial charge in [0.2, 0.25) is 5.91 Å². The number of hydrogen-bond acceptors (Lipinski definition) is 3. The van der Waals surface area contributed by atoms with Gasteiger partial charge >= 0.3 is 0 Å². The van der Waals surface area contributed by atoms with Crippen molar-refractivity contribution in [2.45, 2.75) is 19.9 Å². The van der Waals surface area contributed by atoms with Crippen LogP contribution in [0.1, 0.15) is 13.3 Å². The van der Waals surface area contributed by atoms with Crippen molar-refractivity contribution in [1.29, 1.82) is 0 Å². The zero-order valence-corrected chi connectivity index (χ0v) is 9.59. The predicted molar refractivity (Wildman–Crippen MR) is 62.8 cm³/mol. The Bertz CT molecular complexity index is 584. The fourth-order valence-corrected chi connectivity index (χ4v) is 1.64. The normalized spacial score (nSPS) is 10.6. The first kappa shape index (κ1) is 11.4. The summed E-state index contributed by atoms with van der Waals surface area (Å²) in [5, 5.41) is 6.66.